The Bertz CT molecular complexity index is 522. The number of rotatable bonds is 1. The van der Waals surface area contributed by atoms with E-state index in [1.54, 1.807) is 4.90 Å². The van der Waals surface area contributed by atoms with Crippen molar-refractivity contribution in [2.45, 2.75) is 32.1 Å². The van der Waals surface area contributed by atoms with E-state index in [1.807, 2.05) is 13.8 Å². The molecule has 0 aliphatic carbocycles. The third kappa shape index (κ3) is 3.37. The smallest absolute Gasteiger partial charge is 0.334 e. The lowest BCUT2D eigenvalue weighted by Crippen LogP contribution is -2.57. The van der Waals surface area contributed by atoms with Crippen LogP contribution in [0.3, 0.4) is 0 Å². The van der Waals surface area contributed by atoms with E-state index in [9.17, 15) is 18.0 Å². The summed E-state index contributed by atoms with van der Waals surface area (Å²) in [6.07, 6.45) is -2.93. The molecule has 0 bridgehead atoms. The molecule has 0 radical (unpaired) electrons. The summed E-state index contributed by atoms with van der Waals surface area (Å²) in [6, 6.07) is -0.308. The van der Waals surface area contributed by atoms with Gasteiger partial charge in [0.2, 0.25) is 5.95 Å². The third-order valence-electron chi connectivity index (χ3n) is 3.43. The second-order valence-electron chi connectivity index (χ2n) is 5.03. The minimum Gasteiger partial charge on any atom is -0.334 e. The molecule has 5 nitrogen and oxygen atoms in total. The molecule has 1 amide bonds. The topological polar surface area (TPSA) is 49.3 Å². The Morgan fingerprint density at radius 3 is 2.29 bits per heavy atom. The number of carbonyl (C=O) groups excluding carboxylic acids is 1. The fourth-order valence-corrected chi connectivity index (χ4v) is 2.50. The summed E-state index contributed by atoms with van der Waals surface area (Å²) in [5, 5.41) is -0.540. The van der Waals surface area contributed by atoms with E-state index in [0.29, 0.717) is 13.1 Å². The number of halogens is 4. The van der Waals surface area contributed by atoms with Gasteiger partial charge in [0.25, 0.3) is 0 Å². The van der Waals surface area contributed by atoms with Gasteiger partial charge in [0.1, 0.15) is 0 Å². The highest BCUT2D eigenvalue weighted by atomic mass is 35.5. The van der Waals surface area contributed by atoms with Crippen LogP contribution in [0, 0.1) is 0 Å². The number of amides is 1. The van der Waals surface area contributed by atoms with Crippen LogP contribution in [-0.4, -0.2) is 45.4 Å². The molecule has 0 N–H and O–H groups in total. The van der Waals surface area contributed by atoms with Crippen LogP contribution in [-0.2, 0) is 6.18 Å². The summed E-state index contributed by atoms with van der Waals surface area (Å²) < 4.78 is 37.5. The summed E-state index contributed by atoms with van der Waals surface area (Å²) in [6.45, 7) is 4.42. The second-order valence-corrected chi connectivity index (χ2v) is 5.35. The molecule has 1 aromatic rings. The van der Waals surface area contributed by atoms with Crippen molar-refractivity contribution in [2.24, 2.45) is 0 Å². The van der Waals surface area contributed by atoms with Crippen LogP contribution in [0.2, 0.25) is 0 Å². The molecule has 21 heavy (non-hydrogen) atoms. The quantitative estimate of drug-likeness (QED) is 0.589. The first-order valence-corrected chi connectivity index (χ1v) is 6.70. The van der Waals surface area contributed by atoms with Crippen LogP contribution in [0.4, 0.5) is 23.9 Å². The Morgan fingerprint density at radius 2 is 1.81 bits per heavy atom. The predicted molar refractivity (Wildman–Crippen MR) is 71.3 cm³/mol. The number of aromatic nitrogens is 2. The van der Waals surface area contributed by atoms with Crippen LogP contribution < -0.4 is 4.90 Å². The van der Waals surface area contributed by atoms with Crippen LogP contribution in [0.5, 0.6) is 0 Å². The molecule has 9 heteroatoms. The van der Waals surface area contributed by atoms with E-state index in [2.05, 4.69) is 9.97 Å². The molecule has 1 aromatic heterocycles. The molecule has 0 saturated carbocycles. The van der Waals surface area contributed by atoms with Gasteiger partial charge >= 0.3 is 11.5 Å². The molecule has 0 spiro atoms. The van der Waals surface area contributed by atoms with Crippen molar-refractivity contribution in [2.75, 3.05) is 18.0 Å². The summed E-state index contributed by atoms with van der Waals surface area (Å²) in [5.74, 6) is 0.212. The van der Waals surface area contributed by atoms with Gasteiger partial charge in [0.15, 0.2) is 0 Å². The summed E-state index contributed by atoms with van der Waals surface area (Å²) in [5.41, 5.74) is -0.887. The number of anilines is 1. The highest BCUT2D eigenvalue weighted by Crippen LogP contribution is 2.29. The van der Waals surface area contributed by atoms with Gasteiger partial charge < -0.3 is 9.80 Å². The van der Waals surface area contributed by atoms with Crippen molar-refractivity contribution in [3.05, 3.63) is 18.0 Å². The lowest BCUT2D eigenvalue weighted by molar-refractivity contribution is -0.138. The molecule has 1 fully saturated rings. The fraction of sp³-hybridized carbons (Fsp3) is 0.583. The second kappa shape index (κ2) is 5.67. The highest BCUT2D eigenvalue weighted by Gasteiger charge is 2.34. The van der Waals surface area contributed by atoms with E-state index < -0.39 is 17.1 Å². The van der Waals surface area contributed by atoms with Crippen LogP contribution in [0.15, 0.2) is 12.4 Å². The van der Waals surface area contributed by atoms with Crippen LogP contribution in [0.1, 0.15) is 19.4 Å². The standard InChI is InChI=1S/C12H14ClF3N4O/c1-7-6-20(8(2)5-19(7)10(13)21)11-17-3-9(4-18-11)12(14,15)16/h3-4,7-8H,5-6H2,1-2H3/t7-,8+/m1/s1. The van der Waals surface area contributed by atoms with Crippen LogP contribution >= 0.6 is 11.6 Å². The Labute approximate surface area is 124 Å². The SMILES string of the molecule is C[C@@H]1CN(c2ncc(C(F)(F)F)cn2)[C@@H](C)CN1C(=O)Cl. The molecule has 1 saturated heterocycles. The Balaban J connectivity index is 2.17. The highest BCUT2D eigenvalue weighted by molar-refractivity contribution is 6.62. The van der Waals surface area contributed by atoms with E-state index in [4.69, 9.17) is 11.6 Å². The van der Waals surface area contributed by atoms with Crippen LogP contribution in [0.25, 0.3) is 0 Å². The number of alkyl halides is 3. The zero-order chi connectivity index (χ0) is 15.8. The fourth-order valence-electron chi connectivity index (χ4n) is 2.27. The zero-order valence-electron chi connectivity index (χ0n) is 11.4. The summed E-state index contributed by atoms with van der Waals surface area (Å²) >= 11 is 5.49. The molecule has 116 valence electrons. The monoisotopic (exact) mass is 322 g/mol. The van der Waals surface area contributed by atoms with Crippen molar-refractivity contribution in [1.82, 2.24) is 14.9 Å². The summed E-state index contributed by atoms with van der Waals surface area (Å²) in [4.78, 5) is 22.1. The Morgan fingerprint density at radius 1 is 1.24 bits per heavy atom. The van der Waals surface area contributed by atoms with Gasteiger partial charge in [-0.05, 0) is 25.4 Å². The maximum absolute atomic E-state index is 12.5. The number of piperazine rings is 1. The Kier molecular flexibility index (Phi) is 4.27. The third-order valence-corrected chi connectivity index (χ3v) is 3.65. The predicted octanol–water partition coefficient (Wildman–Crippen LogP) is 2.75. The van der Waals surface area contributed by atoms with Gasteiger partial charge in [-0.15, -0.1) is 0 Å². The van der Waals surface area contributed by atoms with Gasteiger partial charge in [-0.2, -0.15) is 13.2 Å². The zero-order valence-corrected chi connectivity index (χ0v) is 12.2. The lowest BCUT2D eigenvalue weighted by atomic mass is 10.1. The number of hydrogen-bond donors (Lipinski definition) is 0. The van der Waals surface area contributed by atoms with Crippen molar-refractivity contribution in [3.8, 4) is 0 Å². The number of carbonyl (C=O) groups is 1. The minimum atomic E-state index is -4.46. The van der Waals surface area contributed by atoms with Crippen molar-refractivity contribution < 1.29 is 18.0 Å². The molecular weight excluding hydrogens is 309 g/mol. The molecule has 0 unspecified atom stereocenters. The lowest BCUT2D eigenvalue weighted by Gasteiger charge is -2.43. The van der Waals surface area contributed by atoms with Gasteiger partial charge in [0, 0.05) is 37.6 Å². The molecule has 2 atom stereocenters. The first-order valence-electron chi connectivity index (χ1n) is 6.32. The molecule has 1 aliphatic heterocycles. The number of nitrogens with zero attached hydrogens (tertiary/aromatic N) is 4. The molecule has 1 aliphatic rings. The molecule has 2 rings (SSSR count). The van der Waals surface area contributed by atoms with E-state index >= 15 is 0 Å². The van der Waals surface area contributed by atoms with Gasteiger partial charge in [-0.25, -0.2) is 9.97 Å². The van der Waals surface area contributed by atoms with Crippen molar-refractivity contribution in [1.29, 1.82) is 0 Å². The molecular formula is C12H14ClF3N4O. The van der Waals surface area contributed by atoms with E-state index in [1.165, 1.54) is 4.90 Å². The summed E-state index contributed by atoms with van der Waals surface area (Å²) in [7, 11) is 0. The van der Waals surface area contributed by atoms with E-state index in [0.717, 1.165) is 12.4 Å². The average Bonchev–Trinajstić information content (AvgIpc) is 2.40. The van der Waals surface area contributed by atoms with E-state index in [-0.39, 0.29) is 18.0 Å². The maximum Gasteiger partial charge on any atom is 0.419 e. The Hall–Kier alpha value is -1.57. The van der Waals surface area contributed by atoms with Gasteiger partial charge in [0.05, 0.1) is 5.56 Å². The first kappa shape index (κ1) is 15.8. The first-order chi connectivity index (χ1) is 9.70. The normalized spacial score (nSPS) is 23.3. The number of hydrogen-bond acceptors (Lipinski definition) is 4. The maximum atomic E-state index is 12.5. The molecule has 0 aromatic carbocycles. The van der Waals surface area contributed by atoms with Crippen molar-refractivity contribution in [3.63, 3.8) is 0 Å². The minimum absolute atomic E-state index is 0.138. The average molecular weight is 323 g/mol. The van der Waals surface area contributed by atoms with Gasteiger partial charge in [-0.3, -0.25) is 4.79 Å². The largest absolute Gasteiger partial charge is 0.419 e. The molecule has 2 heterocycles. The van der Waals surface area contributed by atoms with Gasteiger partial charge in [-0.1, -0.05) is 0 Å². The van der Waals surface area contributed by atoms with Crippen molar-refractivity contribution >= 4 is 22.9 Å².